The van der Waals surface area contributed by atoms with Gasteiger partial charge in [-0.15, -0.1) is 0 Å². The second-order valence-electron chi connectivity index (χ2n) is 7.64. The smallest absolute Gasteiger partial charge is 0.425 e. The van der Waals surface area contributed by atoms with Crippen LogP contribution in [0.1, 0.15) is 41.5 Å². The predicted molar refractivity (Wildman–Crippen MR) is 104 cm³/mol. The zero-order valence-electron chi connectivity index (χ0n) is 15.8. The van der Waals surface area contributed by atoms with Gasteiger partial charge in [0.1, 0.15) is 0 Å². The summed E-state index contributed by atoms with van der Waals surface area (Å²) in [5, 5.41) is 2.11. The Hall–Kier alpha value is -0.530. The molecule has 0 saturated carbocycles. The normalized spacial score (nSPS) is 11.4. The van der Waals surface area contributed by atoms with Crippen LogP contribution in [0.15, 0.2) is 54.6 Å². The van der Waals surface area contributed by atoms with Crippen molar-refractivity contribution in [3.63, 3.8) is 0 Å². The quantitative estimate of drug-likeness (QED) is 0.214. The molecule has 25 heavy (non-hydrogen) atoms. The predicted octanol–water partition coefficient (Wildman–Crippen LogP) is 7.10. The van der Waals surface area contributed by atoms with Gasteiger partial charge in [0.15, 0.2) is 0 Å². The molecule has 0 aliphatic heterocycles. The van der Waals surface area contributed by atoms with E-state index in [1.165, 1.54) is 16.4 Å². The summed E-state index contributed by atoms with van der Waals surface area (Å²) in [5.74, 6) is 0. The molecule has 0 aliphatic carbocycles. The van der Waals surface area contributed by atoms with E-state index in [0.29, 0.717) is 10.3 Å². The fraction of sp³-hybridized carbons (Fsp3) is 0.381. The number of hydrogen-bond acceptors (Lipinski definition) is 0. The summed E-state index contributed by atoms with van der Waals surface area (Å²) < 4.78 is 19.0. The van der Waals surface area contributed by atoms with Crippen molar-refractivity contribution in [2.45, 2.75) is 51.9 Å². The van der Waals surface area contributed by atoms with Crippen LogP contribution >= 0.6 is 7.92 Å². The standard InChI is InChI=1S/C20H27P.CHF2.Au/c1-19(2,3)21(20(4,5)6)18-15-11-10-14-17(18)16-12-8-7-9-13-16;2-1-3;/h7-15H,1-6H3;1H;/q;-1;+1. The first-order chi connectivity index (χ1) is 11.1. The summed E-state index contributed by atoms with van der Waals surface area (Å²) in [6, 6.07) is 19.7. The van der Waals surface area contributed by atoms with E-state index in [1.807, 2.05) is 0 Å². The molecular weight excluding hydrogens is 518 g/mol. The van der Waals surface area contributed by atoms with Crippen molar-refractivity contribution in [3.05, 3.63) is 61.5 Å². The molecule has 0 unspecified atom stereocenters. The third-order valence-electron chi connectivity index (χ3n) is 3.57. The van der Waals surface area contributed by atoms with Gasteiger partial charge in [0.2, 0.25) is 0 Å². The molecule has 2 rings (SSSR count). The SMILES string of the molecule is CC(C)(C)P(c1ccccc1-c1ccccc1)C(C)(C)C.F[CH-]F.[Au+]. The Morgan fingerprint density at radius 3 is 1.56 bits per heavy atom. The van der Waals surface area contributed by atoms with Gasteiger partial charge in [0, 0.05) is 0 Å². The largest absolute Gasteiger partial charge is 1.00 e. The number of rotatable bonds is 2. The monoisotopic (exact) mass is 546 g/mol. The summed E-state index contributed by atoms with van der Waals surface area (Å²) in [6.07, 6.45) is 0. The van der Waals surface area contributed by atoms with Crippen LogP contribution in [-0.4, -0.2) is 10.3 Å². The molecule has 0 atom stereocenters. The second kappa shape index (κ2) is 10.6. The molecule has 0 N–H and O–H groups in total. The van der Waals surface area contributed by atoms with Crippen molar-refractivity contribution in [1.29, 1.82) is 0 Å². The maximum Gasteiger partial charge on any atom is 1.00 e. The third-order valence-corrected chi connectivity index (χ3v) is 7.13. The molecular formula is C21H28AuF2P. The molecule has 0 heterocycles. The average molecular weight is 546 g/mol. The number of benzene rings is 2. The van der Waals surface area contributed by atoms with E-state index in [4.69, 9.17) is 0 Å². The minimum absolute atomic E-state index is 0. The molecule has 0 aromatic heterocycles. The summed E-state index contributed by atoms with van der Waals surface area (Å²) in [4.78, 5) is 0. The Bertz CT molecular complexity index is 602. The van der Waals surface area contributed by atoms with E-state index in [0.717, 1.165) is 0 Å². The fourth-order valence-electron chi connectivity index (χ4n) is 3.26. The Morgan fingerprint density at radius 1 is 0.720 bits per heavy atom. The Labute approximate surface area is 168 Å². The minimum Gasteiger partial charge on any atom is -0.425 e. The minimum atomic E-state index is -1.00. The van der Waals surface area contributed by atoms with E-state index >= 15 is 0 Å². The summed E-state index contributed by atoms with van der Waals surface area (Å²) in [6.45, 7) is 13.3. The van der Waals surface area contributed by atoms with Crippen LogP contribution in [-0.2, 0) is 22.4 Å². The van der Waals surface area contributed by atoms with Crippen LogP contribution in [0.4, 0.5) is 8.78 Å². The molecule has 0 spiro atoms. The zero-order valence-corrected chi connectivity index (χ0v) is 18.8. The first kappa shape index (κ1) is 24.5. The molecule has 0 saturated heterocycles. The van der Waals surface area contributed by atoms with E-state index < -0.39 is 6.93 Å². The molecule has 0 nitrogen and oxygen atoms in total. The van der Waals surface area contributed by atoms with Gasteiger partial charge in [-0.05, 0) is 33.7 Å². The summed E-state index contributed by atoms with van der Waals surface area (Å²) in [5.41, 5.74) is 2.73. The van der Waals surface area contributed by atoms with Gasteiger partial charge in [0.25, 0.3) is 0 Å². The van der Waals surface area contributed by atoms with Crippen LogP contribution in [0, 0.1) is 6.93 Å². The first-order valence-corrected chi connectivity index (χ1v) is 9.44. The van der Waals surface area contributed by atoms with Crippen LogP contribution in [0.5, 0.6) is 0 Å². The molecule has 0 fully saturated rings. The van der Waals surface area contributed by atoms with Crippen molar-refractivity contribution in [2.24, 2.45) is 0 Å². The van der Waals surface area contributed by atoms with E-state index in [1.54, 1.807) is 0 Å². The molecule has 2 aromatic rings. The zero-order chi connectivity index (χ0) is 18.4. The maximum absolute atomic E-state index is 9.50. The van der Waals surface area contributed by atoms with Gasteiger partial charge in [-0.2, -0.15) is 0 Å². The fourth-order valence-corrected chi connectivity index (χ4v) is 7.40. The van der Waals surface area contributed by atoms with Gasteiger partial charge in [-0.1, -0.05) is 104 Å². The van der Waals surface area contributed by atoms with Crippen molar-refractivity contribution in [3.8, 4) is 11.1 Å². The van der Waals surface area contributed by atoms with Gasteiger partial charge in [-0.25, -0.2) is 0 Å². The molecule has 2 aromatic carbocycles. The second-order valence-corrected chi connectivity index (χ2v) is 11.5. The van der Waals surface area contributed by atoms with Crippen molar-refractivity contribution in [1.82, 2.24) is 0 Å². The van der Waals surface area contributed by atoms with Gasteiger partial charge < -0.3 is 8.78 Å². The van der Waals surface area contributed by atoms with Crippen molar-refractivity contribution in [2.75, 3.05) is 0 Å². The summed E-state index contributed by atoms with van der Waals surface area (Å²) in [7, 11) is -0.282. The van der Waals surface area contributed by atoms with E-state index in [2.05, 4.69) is 96.1 Å². The van der Waals surface area contributed by atoms with Gasteiger partial charge >= 0.3 is 22.4 Å². The number of hydrogen-bond donors (Lipinski definition) is 0. The molecule has 4 heteroatoms. The third kappa shape index (κ3) is 7.31. The average Bonchev–Trinajstić information content (AvgIpc) is 2.46. The topological polar surface area (TPSA) is 0 Å². The maximum atomic E-state index is 9.50. The van der Waals surface area contributed by atoms with Crippen LogP contribution < -0.4 is 5.30 Å². The molecule has 0 amide bonds. The van der Waals surface area contributed by atoms with Gasteiger partial charge in [-0.3, -0.25) is 0 Å². The Kier molecular flexibility index (Phi) is 10.4. The van der Waals surface area contributed by atoms with Crippen LogP contribution in [0.25, 0.3) is 11.1 Å². The van der Waals surface area contributed by atoms with Crippen molar-refractivity contribution >= 4 is 13.2 Å². The van der Waals surface area contributed by atoms with Crippen LogP contribution in [0.3, 0.4) is 0 Å². The summed E-state index contributed by atoms with van der Waals surface area (Å²) >= 11 is 0. The first-order valence-electron chi connectivity index (χ1n) is 8.10. The van der Waals surface area contributed by atoms with E-state index in [-0.39, 0.29) is 30.3 Å². The Balaban J connectivity index is 0.00000134. The molecule has 0 aliphatic rings. The molecule has 0 radical (unpaired) electrons. The Morgan fingerprint density at radius 2 is 1.12 bits per heavy atom. The molecule has 0 bridgehead atoms. The molecule has 142 valence electrons. The van der Waals surface area contributed by atoms with Gasteiger partial charge in [0.05, 0.1) is 0 Å². The number of halogens is 2. The van der Waals surface area contributed by atoms with Crippen molar-refractivity contribution < 1.29 is 31.2 Å². The van der Waals surface area contributed by atoms with E-state index in [9.17, 15) is 8.78 Å². The van der Waals surface area contributed by atoms with Crippen LogP contribution in [0.2, 0.25) is 0 Å².